The van der Waals surface area contributed by atoms with Gasteiger partial charge in [0.15, 0.2) is 0 Å². The number of fused-ring (bicyclic) bond motifs is 2. The van der Waals surface area contributed by atoms with E-state index in [1.54, 1.807) is 0 Å². The van der Waals surface area contributed by atoms with Gasteiger partial charge in [-0.25, -0.2) is 4.79 Å². The fourth-order valence-corrected chi connectivity index (χ4v) is 3.82. The molecule has 2 fully saturated rings. The van der Waals surface area contributed by atoms with Gasteiger partial charge in [-0.1, -0.05) is 6.92 Å². The highest BCUT2D eigenvalue weighted by molar-refractivity contribution is 5.66. The predicted octanol–water partition coefficient (Wildman–Crippen LogP) is 2.97. The zero-order chi connectivity index (χ0) is 14.0. The van der Waals surface area contributed by atoms with Crippen LogP contribution in [0, 0.1) is 11.8 Å². The molecule has 5 heteroatoms. The first-order valence-electron chi connectivity index (χ1n) is 7.03. The maximum atomic E-state index is 11.1. The van der Waals surface area contributed by atoms with Crippen LogP contribution < -0.4 is 0 Å². The summed E-state index contributed by atoms with van der Waals surface area (Å²) in [5.74, 6) is 0.468. The smallest absolute Gasteiger partial charge is 0.462 e. The number of rotatable bonds is 3. The molecule has 2 bridgehead atoms. The van der Waals surface area contributed by atoms with Crippen LogP contribution in [0.5, 0.6) is 0 Å². The van der Waals surface area contributed by atoms with Crippen molar-refractivity contribution in [3.05, 3.63) is 0 Å². The summed E-state index contributed by atoms with van der Waals surface area (Å²) in [6, 6.07) is 0. The Labute approximate surface area is 113 Å². The minimum absolute atomic E-state index is 0.0719. The minimum atomic E-state index is -1.20. The van der Waals surface area contributed by atoms with Crippen molar-refractivity contribution in [1.29, 1.82) is 0 Å². The van der Waals surface area contributed by atoms with Crippen LogP contribution in [0.25, 0.3) is 0 Å². The number of carbonyl (C=O) groups is 2. The van der Waals surface area contributed by atoms with Crippen LogP contribution in [0.15, 0.2) is 0 Å². The molecule has 2 aliphatic carbocycles. The SMILES string of the molecule is CCC1(OC(=O)O)CC2CCC(OC(C)=O)C(C2)C1. The zero-order valence-electron chi connectivity index (χ0n) is 11.6. The van der Waals surface area contributed by atoms with Crippen molar-refractivity contribution in [2.75, 3.05) is 0 Å². The summed E-state index contributed by atoms with van der Waals surface area (Å²) in [5, 5.41) is 8.93. The van der Waals surface area contributed by atoms with Crippen molar-refractivity contribution in [3.8, 4) is 0 Å². The molecular weight excluding hydrogens is 248 g/mol. The second-order valence-electron chi connectivity index (χ2n) is 5.90. The van der Waals surface area contributed by atoms with Gasteiger partial charge in [-0.15, -0.1) is 0 Å². The van der Waals surface area contributed by atoms with Crippen LogP contribution >= 0.6 is 0 Å². The third-order valence-electron chi connectivity index (χ3n) is 4.58. The van der Waals surface area contributed by atoms with Crippen molar-refractivity contribution in [2.24, 2.45) is 11.8 Å². The van der Waals surface area contributed by atoms with E-state index in [4.69, 9.17) is 14.6 Å². The first-order valence-corrected chi connectivity index (χ1v) is 7.03. The first kappa shape index (κ1) is 14.2. The van der Waals surface area contributed by atoms with E-state index < -0.39 is 11.8 Å². The fraction of sp³-hybridized carbons (Fsp3) is 0.857. The Morgan fingerprint density at radius 3 is 2.63 bits per heavy atom. The normalized spacial score (nSPS) is 37.5. The van der Waals surface area contributed by atoms with E-state index in [0.29, 0.717) is 18.8 Å². The Morgan fingerprint density at radius 2 is 2.05 bits per heavy atom. The standard InChI is InChI=1S/C14H22O5/c1-3-14(19-13(16)17)7-10-4-5-12(18-9(2)15)11(6-10)8-14/h10-12H,3-8H2,1-2H3,(H,16,17). The lowest BCUT2D eigenvalue weighted by Gasteiger charge is -2.48. The second kappa shape index (κ2) is 5.39. The number of esters is 1. The maximum Gasteiger partial charge on any atom is 0.506 e. The van der Waals surface area contributed by atoms with E-state index in [1.807, 2.05) is 6.92 Å². The molecule has 0 saturated heterocycles. The molecule has 2 saturated carbocycles. The monoisotopic (exact) mass is 270 g/mol. The number of hydrogen-bond donors (Lipinski definition) is 1. The summed E-state index contributed by atoms with van der Waals surface area (Å²) in [4.78, 5) is 22.0. The topological polar surface area (TPSA) is 72.8 Å². The highest BCUT2D eigenvalue weighted by Gasteiger charge is 2.47. The second-order valence-corrected chi connectivity index (χ2v) is 5.90. The van der Waals surface area contributed by atoms with E-state index in [2.05, 4.69) is 0 Å². The molecule has 0 aliphatic heterocycles. The Hall–Kier alpha value is -1.26. The van der Waals surface area contributed by atoms with Gasteiger partial charge in [0.2, 0.25) is 0 Å². The van der Waals surface area contributed by atoms with Gasteiger partial charge in [0.1, 0.15) is 11.7 Å². The van der Waals surface area contributed by atoms with Gasteiger partial charge in [-0.2, -0.15) is 0 Å². The highest BCUT2D eigenvalue weighted by Crippen LogP contribution is 2.48. The summed E-state index contributed by atoms with van der Waals surface area (Å²) in [6.45, 7) is 3.39. The largest absolute Gasteiger partial charge is 0.506 e. The van der Waals surface area contributed by atoms with E-state index in [1.165, 1.54) is 6.92 Å². The van der Waals surface area contributed by atoms with Gasteiger partial charge in [0.25, 0.3) is 0 Å². The lowest BCUT2D eigenvalue weighted by atomic mass is 9.64. The number of ether oxygens (including phenoxy) is 2. The van der Waals surface area contributed by atoms with Crippen molar-refractivity contribution in [3.63, 3.8) is 0 Å². The number of carboxylic acid groups (broad SMARTS) is 1. The molecular formula is C14H22O5. The molecule has 4 atom stereocenters. The number of hydrogen-bond acceptors (Lipinski definition) is 4. The summed E-state index contributed by atoms with van der Waals surface area (Å²) >= 11 is 0. The van der Waals surface area contributed by atoms with Gasteiger partial charge >= 0.3 is 12.1 Å². The Balaban J connectivity index is 2.10. The van der Waals surface area contributed by atoms with E-state index in [9.17, 15) is 9.59 Å². The van der Waals surface area contributed by atoms with Crippen LogP contribution in [0.4, 0.5) is 4.79 Å². The molecule has 0 aromatic heterocycles. The Kier molecular flexibility index (Phi) is 4.02. The first-order chi connectivity index (χ1) is 8.94. The molecule has 108 valence electrons. The van der Waals surface area contributed by atoms with Crippen molar-refractivity contribution < 1.29 is 24.2 Å². The Bertz CT molecular complexity index is 367. The average Bonchev–Trinajstić information content (AvgIpc) is 2.31. The van der Waals surface area contributed by atoms with Gasteiger partial charge < -0.3 is 14.6 Å². The van der Waals surface area contributed by atoms with Crippen molar-refractivity contribution in [1.82, 2.24) is 0 Å². The van der Waals surface area contributed by atoms with Gasteiger partial charge in [0, 0.05) is 6.92 Å². The number of carbonyl (C=O) groups excluding carboxylic acids is 1. The highest BCUT2D eigenvalue weighted by atomic mass is 16.7. The Morgan fingerprint density at radius 1 is 1.32 bits per heavy atom. The third kappa shape index (κ3) is 3.19. The van der Waals surface area contributed by atoms with Crippen LogP contribution in [-0.4, -0.2) is 28.9 Å². The molecule has 0 heterocycles. The lowest BCUT2D eigenvalue weighted by molar-refractivity contribution is -0.160. The third-order valence-corrected chi connectivity index (χ3v) is 4.58. The van der Waals surface area contributed by atoms with Crippen molar-refractivity contribution >= 4 is 12.1 Å². The van der Waals surface area contributed by atoms with Crippen LogP contribution in [0.2, 0.25) is 0 Å². The van der Waals surface area contributed by atoms with Crippen LogP contribution in [0.1, 0.15) is 52.4 Å². The van der Waals surface area contributed by atoms with Crippen LogP contribution in [0.3, 0.4) is 0 Å². The zero-order valence-corrected chi connectivity index (χ0v) is 11.6. The fourth-order valence-electron chi connectivity index (χ4n) is 3.82. The average molecular weight is 270 g/mol. The molecule has 0 radical (unpaired) electrons. The maximum absolute atomic E-state index is 11.1. The van der Waals surface area contributed by atoms with Crippen molar-refractivity contribution in [2.45, 2.75) is 64.1 Å². The molecule has 2 aliphatic rings. The van der Waals surface area contributed by atoms with E-state index in [0.717, 1.165) is 25.7 Å². The molecule has 0 amide bonds. The van der Waals surface area contributed by atoms with E-state index in [-0.39, 0.29) is 18.0 Å². The summed E-state index contributed by atoms with van der Waals surface area (Å²) < 4.78 is 10.6. The molecule has 5 nitrogen and oxygen atoms in total. The molecule has 1 N–H and O–H groups in total. The summed E-state index contributed by atoms with van der Waals surface area (Å²) in [5.41, 5.74) is -0.585. The van der Waals surface area contributed by atoms with Gasteiger partial charge in [-0.05, 0) is 50.4 Å². The molecule has 4 unspecified atom stereocenters. The summed E-state index contributed by atoms with van der Waals surface area (Å²) in [7, 11) is 0. The summed E-state index contributed by atoms with van der Waals surface area (Å²) in [6.07, 6.45) is 3.77. The minimum Gasteiger partial charge on any atom is -0.462 e. The molecule has 2 rings (SSSR count). The molecule has 0 aromatic rings. The quantitative estimate of drug-likeness (QED) is 0.798. The molecule has 19 heavy (non-hydrogen) atoms. The van der Waals surface area contributed by atoms with Gasteiger partial charge in [0.05, 0.1) is 0 Å². The predicted molar refractivity (Wildman–Crippen MR) is 67.8 cm³/mol. The lowest BCUT2D eigenvalue weighted by Crippen LogP contribution is -2.48. The molecule has 0 spiro atoms. The van der Waals surface area contributed by atoms with Crippen LogP contribution in [-0.2, 0) is 14.3 Å². The molecule has 0 aromatic carbocycles. The van der Waals surface area contributed by atoms with Gasteiger partial charge in [-0.3, -0.25) is 4.79 Å². The van der Waals surface area contributed by atoms with E-state index >= 15 is 0 Å².